The SMILES string of the molecule is C=C1CCN(Cc2ccc(F)cn2)CC1. The van der Waals surface area contributed by atoms with Gasteiger partial charge < -0.3 is 0 Å². The summed E-state index contributed by atoms with van der Waals surface area (Å²) in [5.41, 5.74) is 2.27. The fourth-order valence-electron chi connectivity index (χ4n) is 1.76. The molecule has 1 aliphatic rings. The van der Waals surface area contributed by atoms with Crippen molar-refractivity contribution in [1.29, 1.82) is 0 Å². The first kappa shape index (κ1) is 10.3. The number of pyridine rings is 1. The standard InChI is InChI=1S/C12H15FN2/c1-10-4-6-15(7-5-10)9-12-3-2-11(13)8-14-12/h2-3,8H,1,4-7,9H2. The quantitative estimate of drug-likeness (QED) is 0.691. The van der Waals surface area contributed by atoms with Gasteiger partial charge in [-0.25, -0.2) is 4.39 Å². The molecule has 0 atom stereocenters. The molecule has 0 N–H and O–H groups in total. The van der Waals surface area contributed by atoms with Crippen molar-refractivity contribution < 1.29 is 4.39 Å². The molecule has 1 saturated heterocycles. The Kier molecular flexibility index (Phi) is 3.11. The Morgan fingerprint density at radius 2 is 2.07 bits per heavy atom. The Morgan fingerprint density at radius 3 is 2.67 bits per heavy atom. The minimum Gasteiger partial charge on any atom is -0.297 e. The maximum absolute atomic E-state index is 12.6. The Balaban J connectivity index is 1.91. The maximum atomic E-state index is 12.6. The number of nitrogens with zero attached hydrogens (tertiary/aromatic N) is 2. The molecule has 1 fully saturated rings. The molecular formula is C12H15FN2. The highest BCUT2D eigenvalue weighted by atomic mass is 19.1. The lowest BCUT2D eigenvalue weighted by Crippen LogP contribution is -2.30. The van der Waals surface area contributed by atoms with Crippen molar-refractivity contribution in [3.8, 4) is 0 Å². The van der Waals surface area contributed by atoms with E-state index in [1.807, 2.05) is 0 Å². The van der Waals surface area contributed by atoms with Gasteiger partial charge >= 0.3 is 0 Å². The highest BCUT2D eigenvalue weighted by Gasteiger charge is 2.12. The van der Waals surface area contributed by atoms with E-state index >= 15 is 0 Å². The van der Waals surface area contributed by atoms with Gasteiger partial charge in [0.1, 0.15) is 5.82 Å². The number of aromatic nitrogens is 1. The van der Waals surface area contributed by atoms with Crippen molar-refractivity contribution in [3.63, 3.8) is 0 Å². The van der Waals surface area contributed by atoms with Crippen LogP contribution in [0.5, 0.6) is 0 Å². The van der Waals surface area contributed by atoms with Gasteiger partial charge in [0.05, 0.1) is 11.9 Å². The van der Waals surface area contributed by atoms with Gasteiger partial charge in [-0.05, 0) is 25.0 Å². The van der Waals surface area contributed by atoms with Crippen LogP contribution < -0.4 is 0 Å². The molecule has 1 aromatic rings. The van der Waals surface area contributed by atoms with Gasteiger partial charge in [-0.1, -0.05) is 12.2 Å². The van der Waals surface area contributed by atoms with Crippen molar-refractivity contribution in [2.24, 2.45) is 0 Å². The molecule has 0 amide bonds. The molecule has 1 aliphatic heterocycles. The minimum atomic E-state index is -0.272. The average molecular weight is 206 g/mol. The maximum Gasteiger partial charge on any atom is 0.141 e. The van der Waals surface area contributed by atoms with Crippen molar-refractivity contribution in [2.45, 2.75) is 19.4 Å². The first-order chi connectivity index (χ1) is 7.24. The van der Waals surface area contributed by atoms with E-state index in [4.69, 9.17) is 0 Å². The molecule has 15 heavy (non-hydrogen) atoms. The van der Waals surface area contributed by atoms with Crippen LogP contribution >= 0.6 is 0 Å². The monoisotopic (exact) mass is 206 g/mol. The smallest absolute Gasteiger partial charge is 0.141 e. The third kappa shape index (κ3) is 2.86. The molecule has 2 heterocycles. The molecular weight excluding hydrogens is 191 g/mol. The van der Waals surface area contributed by atoms with E-state index in [1.165, 1.54) is 17.8 Å². The van der Waals surface area contributed by atoms with Gasteiger partial charge in [-0.2, -0.15) is 0 Å². The summed E-state index contributed by atoms with van der Waals surface area (Å²) < 4.78 is 12.6. The van der Waals surface area contributed by atoms with E-state index < -0.39 is 0 Å². The van der Waals surface area contributed by atoms with Gasteiger partial charge in [0.25, 0.3) is 0 Å². The summed E-state index contributed by atoms with van der Waals surface area (Å²) in [5, 5.41) is 0. The Morgan fingerprint density at radius 1 is 1.33 bits per heavy atom. The predicted molar refractivity (Wildman–Crippen MR) is 57.8 cm³/mol. The summed E-state index contributed by atoms with van der Waals surface area (Å²) in [6.07, 6.45) is 3.42. The fourth-order valence-corrected chi connectivity index (χ4v) is 1.76. The van der Waals surface area contributed by atoms with Gasteiger partial charge in [0, 0.05) is 19.6 Å². The molecule has 3 heteroatoms. The van der Waals surface area contributed by atoms with E-state index in [0.717, 1.165) is 38.2 Å². The average Bonchev–Trinajstić information content (AvgIpc) is 2.25. The molecule has 0 radical (unpaired) electrons. The zero-order chi connectivity index (χ0) is 10.7. The Hall–Kier alpha value is -1.22. The molecule has 1 aromatic heterocycles. The third-order valence-electron chi connectivity index (χ3n) is 2.74. The largest absolute Gasteiger partial charge is 0.297 e. The summed E-state index contributed by atoms with van der Waals surface area (Å²) in [4.78, 5) is 6.38. The molecule has 2 rings (SSSR count). The molecule has 80 valence electrons. The molecule has 0 unspecified atom stereocenters. The molecule has 0 saturated carbocycles. The lowest BCUT2D eigenvalue weighted by atomic mass is 10.1. The van der Waals surface area contributed by atoms with E-state index in [-0.39, 0.29) is 5.82 Å². The van der Waals surface area contributed by atoms with Crippen LogP contribution in [0.1, 0.15) is 18.5 Å². The number of rotatable bonds is 2. The van der Waals surface area contributed by atoms with Crippen LogP contribution in [0.3, 0.4) is 0 Å². The molecule has 2 nitrogen and oxygen atoms in total. The zero-order valence-corrected chi connectivity index (χ0v) is 8.75. The predicted octanol–water partition coefficient (Wildman–Crippen LogP) is 2.37. The first-order valence-corrected chi connectivity index (χ1v) is 5.23. The highest BCUT2D eigenvalue weighted by molar-refractivity contribution is 5.06. The lowest BCUT2D eigenvalue weighted by molar-refractivity contribution is 0.245. The highest BCUT2D eigenvalue weighted by Crippen LogP contribution is 2.15. The second-order valence-corrected chi connectivity index (χ2v) is 3.99. The Labute approximate surface area is 89.4 Å². The number of piperidine rings is 1. The molecule has 0 aliphatic carbocycles. The Bertz CT molecular complexity index is 335. The lowest BCUT2D eigenvalue weighted by Gasteiger charge is -2.27. The fraction of sp³-hybridized carbons (Fsp3) is 0.417. The van der Waals surface area contributed by atoms with E-state index in [9.17, 15) is 4.39 Å². The van der Waals surface area contributed by atoms with Gasteiger partial charge in [0.15, 0.2) is 0 Å². The van der Waals surface area contributed by atoms with Crippen LogP contribution in [0.15, 0.2) is 30.5 Å². The van der Waals surface area contributed by atoms with Gasteiger partial charge in [-0.15, -0.1) is 0 Å². The second-order valence-electron chi connectivity index (χ2n) is 3.99. The molecule has 0 bridgehead atoms. The number of halogens is 1. The minimum absolute atomic E-state index is 0.272. The van der Waals surface area contributed by atoms with Crippen LogP contribution in [-0.2, 0) is 6.54 Å². The van der Waals surface area contributed by atoms with Gasteiger partial charge in [-0.3, -0.25) is 9.88 Å². The summed E-state index contributed by atoms with van der Waals surface area (Å²) in [7, 11) is 0. The number of hydrogen-bond donors (Lipinski definition) is 0. The zero-order valence-electron chi connectivity index (χ0n) is 8.75. The van der Waals surface area contributed by atoms with E-state index in [0.29, 0.717) is 0 Å². The van der Waals surface area contributed by atoms with E-state index in [2.05, 4.69) is 16.5 Å². The van der Waals surface area contributed by atoms with Crippen LogP contribution in [0.4, 0.5) is 4.39 Å². The molecule has 0 aromatic carbocycles. The summed E-state index contributed by atoms with van der Waals surface area (Å²) in [5.74, 6) is -0.272. The van der Waals surface area contributed by atoms with Crippen molar-refractivity contribution in [2.75, 3.05) is 13.1 Å². The van der Waals surface area contributed by atoms with E-state index in [1.54, 1.807) is 6.07 Å². The van der Waals surface area contributed by atoms with Crippen LogP contribution in [-0.4, -0.2) is 23.0 Å². The van der Waals surface area contributed by atoms with Crippen molar-refractivity contribution >= 4 is 0 Å². The van der Waals surface area contributed by atoms with Crippen LogP contribution in [0, 0.1) is 5.82 Å². The van der Waals surface area contributed by atoms with Crippen LogP contribution in [0.25, 0.3) is 0 Å². The normalized spacial score (nSPS) is 18.1. The second kappa shape index (κ2) is 4.53. The molecule has 0 spiro atoms. The topological polar surface area (TPSA) is 16.1 Å². The summed E-state index contributed by atoms with van der Waals surface area (Å²) in [6, 6.07) is 3.21. The summed E-state index contributed by atoms with van der Waals surface area (Å²) in [6.45, 7) is 6.87. The number of hydrogen-bond acceptors (Lipinski definition) is 2. The summed E-state index contributed by atoms with van der Waals surface area (Å²) >= 11 is 0. The first-order valence-electron chi connectivity index (χ1n) is 5.23. The van der Waals surface area contributed by atoms with Gasteiger partial charge in [0.2, 0.25) is 0 Å². The van der Waals surface area contributed by atoms with Crippen molar-refractivity contribution in [3.05, 3.63) is 42.0 Å². The third-order valence-corrected chi connectivity index (χ3v) is 2.74. The van der Waals surface area contributed by atoms with Crippen molar-refractivity contribution in [1.82, 2.24) is 9.88 Å². The van der Waals surface area contributed by atoms with Crippen LogP contribution in [0.2, 0.25) is 0 Å². The number of likely N-dealkylation sites (tertiary alicyclic amines) is 1.